The first-order valence-corrected chi connectivity index (χ1v) is 12.9. The molecule has 3 aromatic rings. The molecule has 1 aliphatic heterocycles. The molecule has 0 unspecified atom stereocenters. The Labute approximate surface area is 215 Å². The summed E-state index contributed by atoms with van der Waals surface area (Å²) in [6, 6.07) is 17.9. The minimum atomic E-state index is -0.522. The second-order valence-electron chi connectivity index (χ2n) is 9.57. The number of ether oxygens (including phenoxy) is 2. The van der Waals surface area contributed by atoms with Gasteiger partial charge in [0.2, 0.25) is 5.89 Å². The Morgan fingerprint density at radius 3 is 2.54 bits per heavy atom. The highest BCUT2D eigenvalue weighted by Crippen LogP contribution is 2.31. The van der Waals surface area contributed by atoms with Crippen LogP contribution in [0.25, 0.3) is 17.0 Å². The number of hydrogen-bond acceptors (Lipinski definition) is 5. The normalized spacial score (nSPS) is 13.9. The van der Waals surface area contributed by atoms with Gasteiger partial charge >= 0.3 is 6.09 Å². The van der Waals surface area contributed by atoms with Gasteiger partial charge in [0.25, 0.3) is 0 Å². The zero-order valence-electron chi connectivity index (χ0n) is 20.6. The van der Waals surface area contributed by atoms with Crippen molar-refractivity contribution in [3.63, 3.8) is 0 Å². The van der Waals surface area contributed by atoms with E-state index in [2.05, 4.69) is 27.0 Å². The average molecular weight is 539 g/mol. The van der Waals surface area contributed by atoms with E-state index in [0.29, 0.717) is 37.3 Å². The summed E-state index contributed by atoms with van der Waals surface area (Å²) in [4.78, 5) is 19.0. The molecule has 0 atom stereocenters. The topological polar surface area (TPSA) is 64.8 Å². The second kappa shape index (κ2) is 10.7. The maximum absolute atomic E-state index is 12.6. The summed E-state index contributed by atoms with van der Waals surface area (Å²) in [6.45, 7) is 9.12. The molecule has 0 aliphatic carbocycles. The molecule has 0 saturated heterocycles. The van der Waals surface area contributed by atoms with Crippen LogP contribution in [0.1, 0.15) is 37.8 Å². The van der Waals surface area contributed by atoms with Crippen LogP contribution in [0.15, 0.2) is 64.6 Å². The predicted molar refractivity (Wildman–Crippen MR) is 141 cm³/mol. The summed E-state index contributed by atoms with van der Waals surface area (Å²) < 4.78 is 17.5. The Bertz CT molecular complexity index is 1210. The minimum absolute atomic E-state index is 0.295. The number of rotatable bonds is 7. The molecule has 0 bridgehead atoms. The summed E-state index contributed by atoms with van der Waals surface area (Å²) in [5.41, 5.74) is 4.67. The summed E-state index contributed by atoms with van der Waals surface area (Å²) in [5, 5.41) is 0.696. The van der Waals surface area contributed by atoms with E-state index in [4.69, 9.17) is 13.9 Å². The van der Waals surface area contributed by atoms with Gasteiger partial charge in [-0.15, -0.1) is 0 Å². The van der Waals surface area contributed by atoms with Crippen molar-refractivity contribution in [1.82, 2.24) is 9.88 Å². The fourth-order valence-electron chi connectivity index (χ4n) is 3.96. The van der Waals surface area contributed by atoms with Crippen LogP contribution in [0, 0.1) is 6.92 Å². The lowest BCUT2D eigenvalue weighted by atomic mass is 10.0. The molecule has 0 fully saturated rings. The molecule has 35 heavy (non-hydrogen) atoms. The first-order chi connectivity index (χ1) is 16.7. The van der Waals surface area contributed by atoms with Crippen molar-refractivity contribution in [2.45, 2.75) is 39.7 Å². The van der Waals surface area contributed by atoms with E-state index in [1.165, 1.54) is 5.57 Å². The molecule has 4 rings (SSSR count). The molecule has 0 spiro atoms. The molecule has 2 aromatic carbocycles. The molecular formula is C28H31BrN2O4. The fourth-order valence-corrected chi connectivity index (χ4v) is 4.48. The van der Waals surface area contributed by atoms with Crippen LogP contribution in [-0.2, 0) is 11.2 Å². The van der Waals surface area contributed by atoms with Crippen LogP contribution in [0.2, 0.25) is 0 Å². The van der Waals surface area contributed by atoms with Crippen LogP contribution in [0.4, 0.5) is 4.79 Å². The van der Waals surface area contributed by atoms with Crippen molar-refractivity contribution in [3.8, 4) is 17.2 Å². The summed E-state index contributed by atoms with van der Waals surface area (Å²) in [5.74, 6) is 2.22. The van der Waals surface area contributed by atoms with Crippen molar-refractivity contribution in [2.24, 2.45) is 0 Å². The Morgan fingerprint density at radius 1 is 1.09 bits per heavy atom. The number of amides is 1. The number of oxazole rings is 1. The van der Waals surface area contributed by atoms with Gasteiger partial charge in [-0.25, -0.2) is 9.78 Å². The third kappa shape index (κ3) is 6.34. The van der Waals surface area contributed by atoms with E-state index in [1.807, 2.05) is 76.2 Å². The largest absolute Gasteiger partial charge is 0.493 e. The van der Waals surface area contributed by atoms with Crippen LogP contribution in [-0.4, -0.2) is 46.6 Å². The monoisotopic (exact) mass is 538 g/mol. The summed E-state index contributed by atoms with van der Waals surface area (Å²) >= 11 is 3.58. The maximum Gasteiger partial charge on any atom is 0.410 e. The number of aromatic nitrogens is 1. The molecule has 7 heteroatoms. The van der Waals surface area contributed by atoms with Crippen LogP contribution < -0.4 is 4.74 Å². The molecule has 1 aromatic heterocycles. The Balaban J connectivity index is 1.40. The highest BCUT2D eigenvalue weighted by atomic mass is 79.9. The molecule has 184 valence electrons. The smallest absolute Gasteiger partial charge is 0.410 e. The molecule has 1 aliphatic rings. The van der Waals surface area contributed by atoms with Gasteiger partial charge in [-0.2, -0.15) is 0 Å². The van der Waals surface area contributed by atoms with Gasteiger partial charge in [0.1, 0.15) is 17.1 Å². The first kappa shape index (κ1) is 25.0. The predicted octanol–water partition coefficient (Wildman–Crippen LogP) is 6.67. The van der Waals surface area contributed by atoms with Gasteiger partial charge in [0.05, 0.1) is 12.3 Å². The van der Waals surface area contributed by atoms with Crippen molar-refractivity contribution in [3.05, 3.63) is 77.2 Å². The number of nitrogens with zero attached hydrogens (tertiary/aromatic N) is 2. The van der Waals surface area contributed by atoms with Crippen LogP contribution >= 0.6 is 15.9 Å². The van der Waals surface area contributed by atoms with Crippen molar-refractivity contribution in [2.75, 3.05) is 25.0 Å². The SMILES string of the molecule is Cc1oc(-c2ccccc2)nc1CCOc1cccc(C2=C(CBr)CN(C(=O)OC(C)(C)C)C2)c1. The van der Waals surface area contributed by atoms with Crippen LogP contribution in [0.5, 0.6) is 5.75 Å². The average Bonchev–Trinajstić information content (AvgIpc) is 3.43. The zero-order valence-corrected chi connectivity index (χ0v) is 22.2. The lowest BCUT2D eigenvalue weighted by molar-refractivity contribution is 0.0303. The van der Waals surface area contributed by atoms with E-state index in [1.54, 1.807) is 4.90 Å². The van der Waals surface area contributed by atoms with E-state index in [9.17, 15) is 4.79 Å². The van der Waals surface area contributed by atoms with Gasteiger partial charge < -0.3 is 13.9 Å². The number of benzene rings is 2. The van der Waals surface area contributed by atoms with Gasteiger partial charge in [-0.3, -0.25) is 4.90 Å². The lowest BCUT2D eigenvalue weighted by Gasteiger charge is -2.24. The second-order valence-corrected chi connectivity index (χ2v) is 10.1. The van der Waals surface area contributed by atoms with Crippen molar-refractivity contribution < 1.29 is 18.7 Å². The number of halogens is 1. The number of aryl methyl sites for hydroxylation is 1. The maximum atomic E-state index is 12.6. The number of hydrogen-bond donors (Lipinski definition) is 0. The van der Waals surface area contributed by atoms with E-state index in [-0.39, 0.29) is 6.09 Å². The summed E-state index contributed by atoms with van der Waals surface area (Å²) in [6.07, 6.45) is 0.352. The highest BCUT2D eigenvalue weighted by Gasteiger charge is 2.29. The van der Waals surface area contributed by atoms with Gasteiger partial charge in [-0.1, -0.05) is 46.3 Å². The summed E-state index contributed by atoms with van der Waals surface area (Å²) in [7, 11) is 0. The van der Waals surface area contributed by atoms with Crippen LogP contribution in [0.3, 0.4) is 0 Å². The molecule has 0 saturated carbocycles. The third-order valence-corrected chi connectivity index (χ3v) is 6.35. The Hall–Kier alpha value is -3.06. The highest BCUT2D eigenvalue weighted by molar-refractivity contribution is 9.09. The fraction of sp³-hybridized carbons (Fsp3) is 0.357. The number of carbonyl (C=O) groups excluding carboxylic acids is 1. The van der Waals surface area contributed by atoms with Gasteiger partial charge in [-0.05, 0) is 68.7 Å². The van der Waals surface area contributed by atoms with E-state index >= 15 is 0 Å². The molecule has 6 nitrogen and oxygen atoms in total. The number of carbonyl (C=O) groups is 1. The number of alkyl halides is 1. The van der Waals surface area contributed by atoms with Crippen molar-refractivity contribution >= 4 is 27.6 Å². The Morgan fingerprint density at radius 2 is 1.83 bits per heavy atom. The lowest BCUT2D eigenvalue weighted by Crippen LogP contribution is -2.35. The molecule has 0 N–H and O–H groups in total. The zero-order chi connectivity index (χ0) is 25.0. The minimum Gasteiger partial charge on any atom is -0.493 e. The molecular weight excluding hydrogens is 508 g/mol. The van der Waals surface area contributed by atoms with E-state index < -0.39 is 5.60 Å². The van der Waals surface area contributed by atoms with Gasteiger partial charge in [0, 0.05) is 30.4 Å². The standard InChI is InChI=1S/C28H31BrN2O4/c1-19-25(30-26(34-19)20-9-6-5-7-10-20)13-14-33-23-12-8-11-21(15-23)24-18-31(17-22(24)16-29)27(32)35-28(2,3)4/h5-12,15H,13-14,16-18H2,1-4H3. The Kier molecular flexibility index (Phi) is 7.65. The molecule has 2 heterocycles. The third-order valence-electron chi connectivity index (χ3n) is 5.67. The van der Waals surface area contributed by atoms with Gasteiger partial charge in [0.15, 0.2) is 0 Å². The first-order valence-electron chi connectivity index (χ1n) is 11.7. The van der Waals surface area contributed by atoms with E-state index in [0.717, 1.165) is 33.9 Å². The quantitative estimate of drug-likeness (QED) is 0.314. The molecule has 1 amide bonds. The molecule has 0 radical (unpaired) electrons. The van der Waals surface area contributed by atoms with Crippen molar-refractivity contribution in [1.29, 1.82) is 0 Å².